The van der Waals surface area contributed by atoms with Gasteiger partial charge in [0, 0.05) is 18.7 Å². The molecule has 0 unspecified atom stereocenters. The van der Waals surface area contributed by atoms with Crippen molar-refractivity contribution in [2.24, 2.45) is 0 Å². The fraction of sp³-hybridized carbons (Fsp3) is 0.500. The maximum absolute atomic E-state index is 5.40. The summed E-state index contributed by atoms with van der Waals surface area (Å²) in [5.74, 6) is 2.53. The topological polar surface area (TPSA) is 72.7 Å². The largest absolute Gasteiger partial charge is 0.493 e. The smallest absolute Gasteiger partial charge is 0.241 e. The summed E-state index contributed by atoms with van der Waals surface area (Å²) in [4.78, 5) is 6.83. The minimum Gasteiger partial charge on any atom is -0.493 e. The normalized spacial score (nSPS) is 16.1. The van der Waals surface area contributed by atoms with E-state index in [-0.39, 0.29) is 0 Å². The predicted molar refractivity (Wildman–Crippen MR) is 85.6 cm³/mol. The van der Waals surface area contributed by atoms with Gasteiger partial charge in [-0.3, -0.25) is 4.90 Å². The first-order valence-corrected chi connectivity index (χ1v) is 7.78. The lowest BCUT2D eigenvalue weighted by Gasteiger charge is -2.16. The Balaban J connectivity index is 1.73. The molecule has 0 radical (unpaired) electrons. The number of methoxy groups -OCH3 is 2. The molecule has 0 atom stereocenters. The molecule has 1 N–H and O–H groups in total. The van der Waals surface area contributed by atoms with Gasteiger partial charge in [0.05, 0.1) is 20.8 Å². The van der Waals surface area contributed by atoms with Crippen molar-refractivity contribution in [3.8, 4) is 22.9 Å². The van der Waals surface area contributed by atoms with Crippen LogP contribution in [0, 0.1) is 0 Å². The Morgan fingerprint density at radius 2 is 2.04 bits per heavy atom. The monoisotopic (exact) mass is 318 g/mol. The molecule has 1 fully saturated rings. The molecule has 23 heavy (non-hydrogen) atoms. The van der Waals surface area contributed by atoms with E-state index in [1.807, 2.05) is 18.2 Å². The zero-order chi connectivity index (χ0) is 16.1. The lowest BCUT2D eigenvalue weighted by atomic mass is 10.2. The molecule has 0 spiro atoms. The average molecular weight is 318 g/mol. The first-order chi connectivity index (χ1) is 11.3. The minimum absolute atomic E-state index is 0.564. The SMILES string of the molecule is COc1ccc(-c2noc(CN3CCCNCC3)n2)cc1OC. The van der Waals surface area contributed by atoms with E-state index in [1.54, 1.807) is 14.2 Å². The van der Waals surface area contributed by atoms with E-state index < -0.39 is 0 Å². The molecule has 2 aromatic rings. The van der Waals surface area contributed by atoms with Crippen molar-refractivity contribution in [2.45, 2.75) is 13.0 Å². The molecular formula is C16H22N4O3. The maximum Gasteiger partial charge on any atom is 0.241 e. The average Bonchev–Trinajstić information content (AvgIpc) is 2.90. The molecule has 0 saturated carbocycles. The van der Waals surface area contributed by atoms with Crippen LogP contribution in [0.2, 0.25) is 0 Å². The summed E-state index contributed by atoms with van der Waals surface area (Å²) in [6, 6.07) is 5.58. The summed E-state index contributed by atoms with van der Waals surface area (Å²) in [5, 5.41) is 7.46. The Morgan fingerprint density at radius 1 is 1.17 bits per heavy atom. The Labute approximate surface area is 135 Å². The van der Waals surface area contributed by atoms with Crippen LogP contribution >= 0.6 is 0 Å². The third kappa shape index (κ3) is 3.80. The van der Waals surface area contributed by atoms with Crippen LogP contribution in [0.1, 0.15) is 12.3 Å². The van der Waals surface area contributed by atoms with E-state index in [9.17, 15) is 0 Å². The first kappa shape index (κ1) is 15.8. The van der Waals surface area contributed by atoms with Crippen molar-refractivity contribution in [1.82, 2.24) is 20.4 Å². The van der Waals surface area contributed by atoms with Crippen LogP contribution in [-0.2, 0) is 6.54 Å². The molecular weight excluding hydrogens is 296 g/mol. The fourth-order valence-electron chi connectivity index (χ4n) is 2.66. The lowest BCUT2D eigenvalue weighted by molar-refractivity contribution is 0.239. The zero-order valence-corrected chi connectivity index (χ0v) is 13.5. The van der Waals surface area contributed by atoms with E-state index in [0.717, 1.165) is 38.2 Å². The molecule has 1 aromatic carbocycles. The summed E-state index contributed by atoms with van der Waals surface area (Å²) in [6.07, 6.45) is 1.14. The highest BCUT2D eigenvalue weighted by Gasteiger charge is 2.15. The van der Waals surface area contributed by atoms with Crippen molar-refractivity contribution in [2.75, 3.05) is 40.4 Å². The van der Waals surface area contributed by atoms with E-state index in [1.165, 1.54) is 0 Å². The van der Waals surface area contributed by atoms with Gasteiger partial charge >= 0.3 is 0 Å². The van der Waals surface area contributed by atoms with Crippen molar-refractivity contribution in [3.63, 3.8) is 0 Å². The third-order valence-electron chi connectivity index (χ3n) is 3.90. The van der Waals surface area contributed by atoms with Crippen molar-refractivity contribution in [1.29, 1.82) is 0 Å². The van der Waals surface area contributed by atoms with Crippen LogP contribution in [0.4, 0.5) is 0 Å². The van der Waals surface area contributed by atoms with Gasteiger partial charge in [0.1, 0.15) is 0 Å². The maximum atomic E-state index is 5.40. The van der Waals surface area contributed by atoms with E-state index in [2.05, 4.69) is 20.4 Å². The molecule has 0 aliphatic carbocycles. The number of nitrogens with zero attached hydrogens (tertiary/aromatic N) is 3. The third-order valence-corrected chi connectivity index (χ3v) is 3.90. The standard InChI is InChI=1S/C16H22N4O3/c1-21-13-5-4-12(10-14(13)22-2)16-18-15(23-19-16)11-20-8-3-6-17-7-9-20/h4-5,10,17H,3,6-9,11H2,1-2H3. The van der Waals surface area contributed by atoms with Crippen LogP contribution in [0.25, 0.3) is 11.4 Å². The molecule has 1 aromatic heterocycles. The molecule has 3 rings (SSSR count). The van der Waals surface area contributed by atoms with Crippen LogP contribution in [0.3, 0.4) is 0 Å². The fourth-order valence-corrected chi connectivity index (χ4v) is 2.66. The van der Waals surface area contributed by atoms with E-state index in [4.69, 9.17) is 14.0 Å². The minimum atomic E-state index is 0.564. The first-order valence-electron chi connectivity index (χ1n) is 7.78. The number of hydrogen-bond donors (Lipinski definition) is 1. The van der Waals surface area contributed by atoms with Gasteiger partial charge in [0.25, 0.3) is 0 Å². The highest BCUT2D eigenvalue weighted by molar-refractivity contribution is 5.60. The number of hydrogen-bond acceptors (Lipinski definition) is 7. The Morgan fingerprint density at radius 3 is 2.87 bits per heavy atom. The quantitative estimate of drug-likeness (QED) is 0.896. The van der Waals surface area contributed by atoms with Gasteiger partial charge in [-0.05, 0) is 37.7 Å². The number of rotatable bonds is 5. The molecule has 1 saturated heterocycles. The van der Waals surface area contributed by atoms with Gasteiger partial charge in [0.2, 0.25) is 11.7 Å². The molecule has 1 aliphatic heterocycles. The molecule has 2 heterocycles. The molecule has 0 bridgehead atoms. The van der Waals surface area contributed by atoms with Gasteiger partial charge in [-0.2, -0.15) is 4.98 Å². The van der Waals surface area contributed by atoms with E-state index in [0.29, 0.717) is 29.8 Å². The molecule has 1 aliphatic rings. The Kier molecular flexibility index (Phi) is 5.09. The zero-order valence-electron chi connectivity index (χ0n) is 13.5. The number of nitrogens with one attached hydrogen (secondary N) is 1. The summed E-state index contributed by atoms with van der Waals surface area (Å²) in [5.41, 5.74) is 0.843. The Bertz CT molecular complexity index is 636. The molecule has 7 nitrogen and oxygen atoms in total. The predicted octanol–water partition coefficient (Wildman–Crippen LogP) is 1.55. The second-order valence-electron chi connectivity index (χ2n) is 5.46. The van der Waals surface area contributed by atoms with Gasteiger partial charge in [-0.1, -0.05) is 5.16 Å². The van der Waals surface area contributed by atoms with Crippen LogP contribution < -0.4 is 14.8 Å². The van der Waals surface area contributed by atoms with E-state index >= 15 is 0 Å². The van der Waals surface area contributed by atoms with Gasteiger partial charge in [0.15, 0.2) is 11.5 Å². The second-order valence-corrected chi connectivity index (χ2v) is 5.46. The van der Waals surface area contributed by atoms with Crippen LogP contribution in [-0.4, -0.2) is 55.4 Å². The molecule has 0 amide bonds. The van der Waals surface area contributed by atoms with Crippen molar-refractivity contribution >= 4 is 0 Å². The van der Waals surface area contributed by atoms with Crippen LogP contribution in [0.5, 0.6) is 11.5 Å². The molecule has 7 heteroatoms. The summed E-state index contributed by atoms with van der Waals surface area (Å²) < 4.78 is 16.0. The summed E-state index contributed by atoms with van der Waals surface area (Å²) >= 11 is 0. The number of benzene rings is 1. The number of ether oxygens (including phenoxy) is 2. The van der Waals surface area contributed by atoms with Crippen molar-refractivity contribution in [3.05, 3.63) is 24.1 Å². The lowest BCUT2D eigenvalue weighted by Crippen LogP contribution is -2.27. The highest BCUT2D eigenvalue weighted by atomic mass is 16.5. The summed E-state index contributed by atoms with van der Waals surface area (Å²) in [7, 11) is 3.22. The Hall–Kier alpha value is -2.12. The van der Waals surface area contributed by atoms with Gasteiger partial charge in [-0.25, -0.2) is 0 Å². The van der Waals surface area contributed by atoms with Gasteiger partial charge in [-0.15, -0.1) is 0 Å². The van der Waals surface area contributed by atoms with Crippen molar-refractivity contribution < 1.29 is 14.0 Å². The van der Waals surface area contributed by atoms with Gasteiger partial charge < -0.3 is 19.3 Å². The van der Waals surface area contributed by atoms with Crippen LogP contribution in [0.15, 0.2) is 22.7 Å². The number of aromatic nitrogens is 2. The molecule has 124 valence electrons. The highest BCUT2D eigenvalue weighted by Crippen LogP contribution is 2.31. The summed E-state index contributed by atoms with van der Waals surface area (Å²) in [6.45, 7) is 4.78. The second kappa shape index (κ2) is 7.43.